The predicted octanol–water partition coefficient (Wildman–Crippen LogP) is 5.49. The number of nitrogens with zero attached hydrogens (tertiary/aromatic N) is 1. The van der Waals surface area contributed by atoms with E-state index in [1.807, 2.05) is 0 Å². The second kappa shape index (κ2) is 9.21. The van der Waals surface area contributed by atoms with Crippen molar-refractivity contribution in [3.8, 4) is 11.3 Å². The first kappa shape index (κ1) is 22.0. The molecule has 7 heteroatoms. The Kier molecular flexibility index (Phi) is 6.15. The van der Waals surface area contributed by atoms with Gasteiger partial charge in [0.25, 0.3) is 0 Å². The van der Waals surface area contributed by atoms with Gasteiger partial charge in [-0.15, -0.1) is 0 Å². The van der Waals surface area contributed by atoms with Crippen molar-refractivity contribution in [3.63, 3.8) is 0 Å². The molecular weight excluding hydrogens is 427 g/mol. The second-order valence-electron chi connectivity index (χ2n) is 9.32. The van der Waals surface area contributed by atoms with Gasteiger partial charge < -0.3 is 15.2 Å². The Morgan fingerprint density at radius 3 is 2.45 bits per heavy atom. The number of nitrogens with one attached hydrogen (secondary N) is 2. The lowest BCUT2D eigenvalue weighted by Gasteiger charge is -2.37. The number of aromatic nitrogens is 1. The lowest BCUT2D eigenvalue weighted by atomic mass is 9.74. The third kappa shape index (κ3) is 4.64. The van der Waals surface area contributed by atoms with Gasteiger partial charge in [-0.05, 0) is 86.1 Å². The molecule has 1 aromatic heterocycles. The summed E-state index contributed by atoms with van der Waals surface area (Å²) in [7, 11) is 0. The van der Waals surface area contributed by atoms with Gasteiger partial charge in [0, 0.05) is 30.5 Å². The molecule has 1 aliphatic heterocycles. The van der Waals surface area contributed by atoms with Crippen LogP contribution in [0.25, 0.3) is 22.2 Å². The molecule has 1 amide bonds. The summed E-state index contributed by atoms with van der Waals surface area (Å²) in [6, 6.07) is 8.24. The third-order valence-electron chi connectivity index (χ3n) is 7.01. The molecule has 3 aromatic rings. The van der Waals surface area contributed by atoms with E-state index in [0.29, 0.717) is 30.3 Å². The van der Waals surface area contributed by atoms with Crippen LogP contribution in [-0.2, 0) is 4.79 Å². The van der Waals surface area contributed by atoms with Crippen molar-refractivity contribution in [2.45, 2.75) is 50.5 Å². The monoisotopic (exact) mass is 455 g/mol. The zero-order valence-electron chi connectivity index (χ0n) is 18.5. The standard InChI is InChI=1S/C26H28F3N3O/c27-18-6-4-16(5-7-18)25-24(21-14-19(28)15-22(29)26(21)31-25)17-12-20(13-17)30-23(33)8-11-32-9-2-1-3-10-32/h4-7,14-15,17,20,31H,1-3,8-13H2,(H,30,33)/t17-,20+. The summed E-state index contributed by atoms with van der Waals surface area (Å²) >= 11 is 0. The van der Waals surface area contributed by atoms with Gasteiger partial charge in [0.1, 0.15) is 17.5 Å². The Balaban J connectivity index is 1.31. The van der Waals surface area contributed by atoms with Crippen molar-refractivity contribution in [3.05, 3.63) is 59.4 Å². The van der Waals surface area contributed by atoms with E-state index in [-0.39, 0.29) is 29.2 Å². The average Bonchev–Trinajstić information content (AvgIpc) is 3.15. The van der Waals surface area contributed by atoms with Crippen LogP contribution in [0.4, 0.5) is 13.2 Å². The van der Waals surface area contributed by atoms with Crippen LogP contribution in [0.1, 0.15) is 50.0 Å². The van der Waals surface area contributed by atoms with E-state index in [9.17, 15) is 18.0 Å². The Bertz CT molecular complexity index is 1150. The van der Waals surface area contributed by atoms with E-state index in [1.165, 1.54) is 37.5 Å². The highest BCUT2D eigenvalue weighted by molar-refractivity contribution is 5.92. The van der Waals surface area contributed by atoms with Gasteiger partial charge in [0.2, 0.25) is 5.91 Å². The number of aromatic amines is 1. The first-order valence-corrected chi connectivity index (χ1v) is 11.8. The molecule has 2 fully saturated rings. The number of halogens is 3. The number of carbonyl (C=O) groups excluding carboxylic acids is 1. The van der Waals surface area contributed by atoms with E-state index in [2.05, 4.69) is 15.2 Å². The zero-order chi connectivity index (χ0) is 22.9. The normalized spacial score (nSPS) is 21.2. The van der Waals surface area contributed by atoms with Crippen molar-refractivity contribution in [2.75, 3.05) is 19.6 Å². The minimum Gasteiger partial charge on any atom is -0.353 e. The molecule has 0 atom stereocenters. The molecule has 2 heterocycles. The Morgan fingerprint density at radius 2 is 1.73 bits per heavy atom. The van der Waals surface area contributed by atoms with Gasteiger partial charge in [-0.25, -0.2) is 13.2 Å². The van der Waals surface area contributed by atoms with Crippen molar-refractivity contribution in [2.24, 2.45) is 0 Å². The first-order chi connectivity index (χ1) is 16.0. The van der Waals surface area contributed by atoms with Gasteiger partial charge in [-0.3, -0.25) is 4.79 Å². The molecule has 0 bridgehead atoms. The van der Waals surface area contributed by atoms with E-state index in [4.69, 9.17) is 0 Å². The van der Waals surface area contributed by atoms with Crippen LogP contribution in [0.15, 0.2) is 36.4 Å². The van der Waals surface area contributed by atoms with Gasteiger partial charge in [-0.2, -0.15) is 0 Å². The van der Waals surface area contributed by atoms with Crippen LogP contribution < -0.4 is 5.32 Å². The summed E-state index contributed by atoms with van der Waals surface area (Å²) in [6.45, 7) is 2.93. The number of piperidine rings is 1. The summed E-state index contributed by atoms with van der Waals surface area (Å²) in [4.78, 5) is 17.9. The molecule has 0 radical (unpaired) electrons. The number of rotatable bonds is 6. The maximum atomic E-state index is 14.5. The fourth-order valence-electron chi connectivity index (χ4n) is 5.22. The number of fused-ring (bicyclic) bond motifs is 1. The van der Waals surface area contributed by atoms with Gasteiger partial charge in [-0.1, -0.05) is 6.42 Å². The lowest BCUT2D eigenvalue weighted by Crippen LogP contribution is -2.44. The highest BCUT2D eigenvalue weighted by Gasteiger charge is 2.35. The largest absolute Gasteiger partial charge is 0.353 e. The number of amides is 1. The summed E-state index contributed by atoms with van der Waals surface area (Å²) < 4.78 is 42.0. The summed E-state index contributed by atoms with van der Waals surface area (Å²) in [5.41, 5.74) is 2.47. The summed E-state index contributed by atoms with van der Waals surface area (Å²) in [6.07, 6.45) is 5.57. The molecule has 33 heavy (non-hydrogen) atoms. The van der Waals surface area contributed by atoms with E-state index in [0.717, 1.165) is 36.8 Å². The molecule has 2 aromatic carbocycles. The molecule has 5 rings (SSSR count). The van der Waals surface area contributed by atoms with Gasteiger partial charge >= 0.3 is 0 Å². The molecule has 2 aliphatic rings. The van der Waals surface area contributed by atoms with Crippen LogP contribution in [0.3, 0.4) is 0 Å². The molecule has 4 nitrogen and oxygen atoms in total. The van der Waals surface area contributed by atoms with Crippen LogP contribution >= 0.6 is 0 Å². The van der Waals surface area contributed by atoms with Crippen molar-refractivity contribution >= 4 is 16.8 Å². The van der Waals surface area contributed by atoms with Crippen molar-refractivity contribution in [1.82, 2.24) is 15.2 Å². The smallest absolute Gasteiger partial charge is 0.221 e. The number of hydrogen-bond acceptors (Lipinski definition) is 2. The molecule has 174 valence electrons. The quantitative estimate of drug-likeness (QED) is 0.516. The van der Waals surface area contributed by atoms with Crippen molar-refractivity contribution < 1.29 is 18.0 Å². The maximum absolute atomic E-state index is 14.5. The van der Waals surface area contributed by atoms with Crippen LogP contribution in [0, 0.1) is 17.5 Å². The van der Waals surface area contributed by atoms with E-state index < -0.39 is 11.6 Å². The summed E-state index contributed by atoms with van der Waals surface area (Å²) in [5, 5.41) is 3.62. The number of benzene rings is 2. The van der Waals surface area contributed by atoms with Crippen LogP contribution in [0.5, 0.6) is 0 Å². The maximum Gasteiger partial charge on any atom is 0.221 e. The average molecular weight is 456 g/mol. The molecule has 0 unspecified atom stereocenters. The molecule has 1 saturated heterocycles. The van der Waals surface area contributed by atoms with E-state index >= 15 is 0 Å². The molecule has 1 saturated carbocycles. The van der Waals surface area contributed by atoms with Crippen LogP contribution in [0.2, 0.25) is 0 Å². The molecule has 1 aliphatic carbocycles. The fourth-order valence-corrected chi connectivity index (χ4v) is 5.22. The number of hydrogen-bond donors (Lipinski definition) is 2. The molecular formula is C26H28F3N3O. The number of carbonyl (C=O) groups is 1. The zero-order valence-corrected chi connectivity index (χ0v) is 18.5. The Morgan fingerprint density at radius 1 is 1.00 bits per heavy atom. The third-order valence-corrected chi connectivity index (χ3v) is 7.01. The first-order valence-electron chi connectivity index (χ1n) is 11.8. The van der Waals surface area contributed by atoms with E-state index in [1.54, 1.807) is 12.1 Å². The topological polar surface area (TPSA) is 48.1 Å². The number of H-pyrrole nitrogens is 1. The van der Waals surface area contributed by atoms with Gasteiger partial charge in [0.05, 0.1) is 11.2 Å². The fraction of sp³-hybridized carbons (Fsp3) is 0.423. The molecule has 2 N–H and O–H groups in total. The SMILES string of the molecule is O=C(CCN1CCCCC1)N[C@H]1C[C@@H](c2c(-c3ccc(F)cc3)[nH]c3c(F)cc(F)cc32)C1. The minimum absolute atomic E-state index is 0.0485. The predicted molar refractivity (Wildman–Crippen MR) is 122 cm³/mol. The second-order valence-corrected chi connectivity index (χ2v) is 9.32. The minimum atomic E-state index is -0.651. The summed E-state index contributed by atoms with van der Waals surface area (Å²) in [5.74, 6) is -1.54. The Hall–Kier alpha value is -2.80. The van der Waals surface area contributed by atoms with Crippen LogP contribution in [-0.4, -0.2) is 41.5 Å². The lowest BCUT2D eigenvalue weighted by molar-refractivity contribution is -0.122. The highest BCUT2D eigenvalue weighted by atomic mass is 19.1. The number of likely N-dealkylation sites (tertiary alicyclic amines) is 1. The molecule has 0 spiro atoms. The Labute approximate surface area is 191 Å². The van der Waals surface area contributed by atoms with Gasteiger partial charge in [0.15, 0.2) is 0 Å². The highest BCUT2D eigenvalue weighted by Crippen LogP contribution is 2.45. The van der Waals surface area contributed by atoms with Crippen molar-refractivity contribution in [1.29, 1.82) is 0 Å².